The van der Waals surface area contributed by atoms with Crippen molar-refractivity contribution < 1.29 is 49.5 Å². The molecule has 0 saturated heterocycles. The fourth-order valence-corrected chi connectivity index (χ4v) is 9.23. The molecule has 0 bridgehead atoms. The summed E-state index contributed by atoms with van der Waals surface area (Å²) < 4.78 is 0.497. The van der Waals surface area contributed by atoms with E-state index in [0.717, 1.165) is 6.42 Å². The summed E-state index contributed by atoms with van der Waals surface area (Å²) in [4.78, 5) is 0. The molecular weight excluding hydrogens is 679 g/mol. The van der Waals surface area contributed by atoms with E-state index in [-0.39, 0.29) is 35.6 Å². The average molecular weight is 726 g/mol. The Kier molecular flexibility index (Phi) is 11.0. The van der Waals surface area contributed by atoms with Crippen molar-refractivity contribution in [1.82, 2.24) is 0 Å². The van der Waals surface area contributed by atoms with Crippen molar-refractivity contribution in [3.63, 3.8) is 0 Å². The molecule has 0 N–H and O–H groups in total. The van der Waals surface area contributed by atoms with Gasteiger partial charge in [-0.1, -0.05) is 20.8 Å². The first-order chi connectivity index (χ1) is 20.8. The Morgan fingerprint density at radius 3 is 1.61 bits per heavy atom. The molecular formula is C43H47Cl2Zr. The van der Waals surface area contributed by atoms with Crippen LogP contribution in [0.2, 0.25) is 0 Å². The number of hydrogen-bond donors (Lipinski definition) is 0. The summed E-state index contributed by atoms with van der Waals surface area (Å²) in [5.74, 6) is 0.786. The topological polar surface area (TPSA) is 0 Å². The third kappa shape index (κ3) is 6.47. The molecule has 2 unspecified atom stereocenters. The molecule has 0 aromatic heterocycles. The first-order valence-electron chi connectivity index (χ1n) is 16.4. The van der Waals surface area contributed by atoms with Crippen LogP contribution in [-0.2, 0) is 35.5 Å². The molecule has 46 heavy (non-hydrogen) atoms. The fourth-order valence-electron chi connectivity index (χ4n) is 7.44. The van der Waals surface area contributed by atoms with E-state index >= 15 is 0 Å². The van der Waals surface area contributed by atoms with Crippen molar-refractivity contribution >= 4 is 11.6 Å². The van der Waals surface area contributed by atoms with E-state index in [1.807, 2.05) is 0 Å². The SMILES string of the molecule is CCC1=Cc2c(-c3ccc(C(C)(C)C)cc3)cccc2C1C1=C(C(C)C)[CH]([Zr+2])c2cccc(-c3ccc(C(C)(C)C)cc3)c21.[Cl-].[Cl-]. The molecule has 2 aliphatic carbocycles. The van der Waals surface area contributed by atoms with Crippen LogP contribution in [0.15, 0.2) is 96.1 Å². The van der Waals surface area contributed by atoms with Gasteiger partial charge in [0.15, 0.2) is 0 Å². The number of allylic oxidation sites excluding steroid dienone is 3. The van der Waals surface area contributed by atoms with Gasteiger partial charge < -0.3 is 24.8 Å². The Hall–Kier alpha value is -2.18. The van der Waals surface area contributed by atoms with Crippen LogP contribution in [0, 0.1) is 5.92 Å². The van der Waals surface area contributed by atoms with E-state index in [1.165, 1.54) is 55.6 Å². The molecule has 0 aliphatic heterocycles. The average Bonchev–Trinajstić information content (AvgIpc) is 3.51. The predicted octanol–water partition coefficient (Wildman–Crippen LogP) is 6.23. The van der Waals surface area contributed by atoms with Crippen molar-refractivity contribution in [3.8, 4) is 22.3 Å². The Balaban J connectivity index is 0.00000240. The van der Waals surface area contributed by atoms with Gasteiger partial charge >= 0.3 is 262 Å². The Morgan fingerprint density at radius 1 is 0.652 bits per heavy atom. The molecule has 0 nitrogen and oxygen atoms in total. The van der Waals surface area contributed by atoms with Crippen LogP contribution in [0.3, 0.4) is 0 Å². The van der Waals surface area contributed by atoms with Gasteiger partial charge in [0.25, 0.3) is 0 Å². The number of fused-ring (bicyclic) bond motifs is 2. The monoisotopic (exact) mass is 723 g/mol. The van der Waals surface area contributed by atoms with Gasteiger partial charge in [-0.05, 0) is 0 Å². The summed E-state index contributed by atoms with van der Waals surface area (Å²) in [7, 11) is 0. The fraction of sp³-hybridized carbons (Fsp3) is 0.349. The zero-order valence-corrected chi connectivity index (χ0v) is 32.8. The van der Waals surface area contributed by atoms with Crippen LogP contribution in [0.1, 0.15) is 112 Å². The zero-order valence-electron chi connectivity index (χ0n) is 28.9. The van der Waals surface area contributed by atoms with Gasteiger partial charge in [-0.3, -0.25) is 0 Å². The molecule has 3 heteroatoms. The summed E-state index contributed by atoms with van der Waals surface area (Å²) in [5.41, 5.74) is 19.1. The van der Waals surface area contributed by atoms with E-state index in [4.69, 9.17) is 0 Å². The number of benzene rings is 4. The molecule has 6 rings (SSSR count). The quantitative estimate of drug-likeness (QED) is 0.229. The second-order valence-corrected chi connectivity index (χ2v) is 16.6. The van der Waals surface area contributed by atoms with Gasteiger partial charge in [-0.2, -0.15) is 0 Å². The molecule has 0 fully saturated rings. The zero-order chi connectivity index (χ0) is 31.6. The van der Waals surface area contributed by atoms with E-state index < -0.39 is 0 Å². The smallest absolute Gasteiger partial charge is 1.00 e. The first kappa shape index (κ1) is 36.7. The van der Waals surface area contributed by atoms with E-state index in [9.17, 15) is 0 Å². The molecule has 0 amide bonds. The second-order valence-electron chi connectivity index (χ2n) is 15.2. The predicted molar refractivity (Wildman–Crippen MR) is 187 cm³/mol. The Bertz CT molecular complexity index is 1770. The van der Waals surface area contributed by atoms with Crippen molar-refractivity contribution in [2.45, 2.75) is 89.1 Å². The van der Waals surface area contributed by atoms with Gasteiger partial charge in [0.05, 0.1) is 0 Å². The van der Waals surface area contributed by atoms with Crippen LogP contribution in [0.4, 0.5) is 0 Å². The molecule has 0 heterocycles. The molecule has 237 valence electrons. The second kappa shape index (κ2) is 13.7. The number of hydrogen-bond acceptors (Lipinski definition) is 0. The number of rotatable bonds is 5. The molecule has 0 radical (unpaired) electrons. The van der Waals surface area contributed by atoms with Gasteiger partial charge in [0.1, 0.15) is 0 Å². The standard InChI is InChI=1S/C43H47.2ClH.Zr/c1-10-28-25-38-34(29-17-21-32(22-18-29)42(4,5)6)14-12-16-36(38)39(28)41-37(27(2)3)26-31-13-11-15-35(40(31)41)30-19-23-33(24-20-30)43(7,8)9;;;/h11-27,39H,10H2,1-9H3;2*1H;/q;;;+2/p-2. The first-order valence-corrected chi connectivity index (χ1v) is 17.9. The van der Waals surface area contributed by atoms with Crippen LogP contribution < -0.4 is 24.8 Å². The van der Waals surface area contributed by atoms with E-state index in [1.54, 1.807) is 41.4 Å². The molecule has 0 saturated carbocycles. The third-order valence-corrected chi connectivity index (χ3v) is 11.4. The minimum atomic E-state index is 0. The summed E-state index contributed by atoms with van der Waals surface area (Å²) in [6.45, 7) is 20.9. The van der Waals surface area contributed by atoms with Crippen molar-refractivity contribution in [2.24, 2.45) is 5.92 Å². The van der Waals surface area contributed by atoms with Gasteiger partial charge in [-0.15, -0.1) is 0 Å². The molecule has 4 aromatic carbocycles. The minimum Gasteiger partial charge on any atom is -1.00 e. The summed E-state index contributed by atoms with van der Waals surface area (Å²) in [5, 5.41) is 0. The minimum absolute atomic E-state index is 0. The van der Waals surface area contributed by atoms with Crippen molar-refractivity contribution in [3.05, 3.63) is 129 Å². The van der Waals surface area contributed by atoms with E-state index in [2.05, 4.69) is 153 Å². The van der Waals surface area contributed by atoms with Gasteiger partial charge in [-0.25, -0.2) is 0 Å². The third-order valence-electron chi connectivity index (χ3n) is 9.89. The van der Waals surface area contributed by atoms with Crippen LogP contribution >= 0.6 is 0 Å². The molecule has 2 atom stereocenters. The molecule has 2 aliphatic rings. The normalized spacial score (nSPS) is 17.3. The number of halogens is 2. The maximum atomic E-state index is 2.54. The molecule has 0 spiro atoms. The Morgan fingerprint density at radius 2 is 1.13 bits per heavy atom. The maximum absolute atomic E-state index is 2.54. The molecule has 4 aromatic rings. The summed E-state index contributed by atoms with van der Waals surface area (Å²) in [6.07, 6.45) is 3.59. The van der Waals surface area contributed by atoms with Crippen LogP contribution in [0.25, 0.3) is 33.9 Å². The largest absolute Gasteiger partial charge is 1.00 e. The van der Waals surface area contributed by atoms with Gasteiger partial charge in [0, 0.05) is 0 Å². The van der Waals surface area contributed by atoms with Crippen molar-refractivity contribution in [1.29, 1.82) is 0 Å². The van der Waals surface area contributed by atoms with Crippen molar-refractivity contribution in [2.75, 3.05) is 0 Å². The van der Waals surface area contributed by atoms with Crippen LogP contribution in [0.5, 0.6) is 0 Å². The maximum Gasteiger partial charge on any atom is -1.00 e. The van der Waals surface area contributed by atoms with Crippen LogP contribution in [-0.4, -0.2) is 0 Å². The van der Waals surface area contributed by atoms with Gasteiger partial charge in [0.2, 0.25) is 0 Å². The summed E-state index contributed by atoms with van der Waals surface area (Å²) >= 11 is 1.58. The van der Waals surface area contributed by atoms with E-state index in [0.29, 0.717) is 15.5 Å². The summed E-state index contributed by atoms with van der Waals surface area (Å²) in [6, 6.07) is 32.8. The Labute approximate surface area is 305 Å².